The predicted octanol–water partition coefficient (Wildman–Crippen LogP) is 1.71. The molecule has 0 aromatic heterocycles. The summed E-state index contributed by atoms with van der Waals surface area (Å²) in [6, 6.07) is 0.525. The maximum atomic E-state index is 12.1. The van der Waals surface area contributed by atoms with Gasteiger partial charge in [0.05, 0.1) is 6.61 Å². The number of carbonyl (C=O) groups excluding carboxylic acids is 1. The molecule has 1 aliphatic carbocycles. The molecule has 92 valence electrons. The van der Waals surface area contributed by atoms with E-state index >= 15 is 0 Å². The van der Waals surface area contributed by atoms with Gasteiger partial charge in [-0.25, -0.2) is 0 Å². The fraction of sp³-hybridized carbons (Fsp3) is 0.923. The van der Waals surface area contributed by atoms with Crippen LogP contribution in [0.5, 0.6) is 0 Å². The van der Waals surface area contributed by atoms with Crippen LogP contribution in [0.1, 0.15) is 33.1 Å². The summed E-state index contributed by atoms with van der Waals surface area (Å²) in [6.45, 7) is 6.78. The standard InChI is InChI=1S/C13H23NO2/c1-13(2)6-4-10(12(13)15)8-14(3)11-5-7-16-9-11/h10-11H,4-9H2,1-3H3. The molecule has 1 heterocycles. The molecule has 2 rings (SSSR count). The van der Waals surface area contributed by atoms with E-state index in [9.17, 15) is 4.79 Å². The number of hydrogen-bond donors (Lipinski definition) is 0. The third-order valence-corrected chi connectivity index (χ3v) is 4.19. The second kappa shape index (κ2) is 4.46. The molecule has 1 aliphatic heterocycles. The molecular formula is C13H23NO2. The van der Waals surface area contributed by atoms with Gasteiger partial charge in [-0.2, -0.15) is 0 Å². The van der Waals surface area contributed by atoms with Crippen molar-refractivity contribution in [3.8, 4) is 0 Å². The quantitative estimate of drug-likeness (QED) is 0.732. The number of likely N-dealkylation sites (N-methyl/N-ethyl adjacent to an activating group) is 1. The van der Waals surface area contributed by atoms with Crippen molar-refractivity contribution >= 4 is 5.78 Å². The number of nitrogens with zero attached hydrogens (tertiary/aromatic N) is 1. The topological polar surface area (TPSA) is 29.5 Å². The summed E-state index contributed by atoms with van der Waals surface area (Å²) in [5.74, 6) is 0.707. The van der Waals surface area contributed by atoms with Gasteiger partial charge < -0.3 is 9.64 Å². The molecule has 1 saturated heterocycles. The Labute approximate surface area is 98.1 Å². The maximum absolute atomic E-state index is 12.1. The van der Waals surface area contributed by atoms with Crippen LogP contribution in [-0.4, -0.2) is 43.5 Å². The largest absolute Gasteiger partial charge is 0.380 e. The first kappa shape index (κ1) is 12.1. The Morgan fingerprint density at radius 1 is 1.44 bits per heavy atom. The van der Waals surface area contributed by atoms with Crippen molar-refractivity contribution in [3.05, 3.63) is 0 Å². The van der Waals surface area contributed by atoms with Gasteiger partial charge >= 0.3 is 0 Å². The fourth-order valence-corrected chi connectivity index (χ4v) is 2.88. The lowest BCUT2D eigenvalue weighted by Crippen LogP contribution is -2.38. The van der Waals surface area contributed by atoms with Crippen molar-refractivity contribution in [3.63, 3.8) is 0 Å². The summed E-state index contributed by atoms with van der Waals surface area (Å²) in [6.07, 6.45) is 3.22. The van der Waals surface area contributed by atoms with Crippen molar-refractivity contribution in [1.82, 2.24) is 4.90 Å². The number of carbonyl (C=O) groups is 1. The molecule has 16 heavy (non-hydrogen) atoms. The van der Waals surface area contributed by atoms with Crippen molar-refractivity contribution < 1.29 is 9.53 Å². The first-order chi connectivity index (χ1) is 7.50. The second-order valence-corrected chi connectivity index (χ2v) is 5.94. The first-order valence-corrected chi connectivity index (χ1v) is 6.33. The Hall–Kier alpha value is -0.410. The van der Waals surface area contributed by atoms with E-state index in [-0.39, 0.29) is 11.3 Å². The lowest BCUT2D eigenvalue weighted by molar-refractivity contribution is -0.128. The van der Waals surface area contributed by atoms with E-state index in [1.165, 1.54) is 0 Å². The molecule has 0 amide bonds. The summed E-state index contributed by atoms with van der Waals surface area (Å²) in [7, 11) is 2.12. The van der Waals surface area contributed by atoms with Gasteiger partial charge in [0.2, 0.25) is 0 Å². The zero-order valence-electron chi connectivity index (χ0n) is 10.7. The molecular weight excluding hydrogens is 202 g/mol. The predicted molar refractivity (Wildman–Crippen MR) is 63.4 cm³/mol. The molecule has 2 fully saturated rings. The lowest BCUT2D eigenvalue weighted by atomic mass is 9.89. The Balaban J connectivity index is 1.88. The summed E-state index contributed by atoms with van der Waals surface area (Å²) < 4.78 is 5.38. The summed E-state index contributed by atoms with van der Waals surface area (Å²) in [5.41, 5.74) is -0.0856. The van der Waals surface area contributed by atoms with Gasteiger partial charge in [0, 0.05) is 30.5 Å². The van der Waals surface area contributed by atoms with Crippen LogP contribution in [0.2, 0.25) is 0 Å². The van der Waals surface area contributed by atoms with Gasteiger partial charge in [0.25, 0.3) is 0 Å². The first-order valence-electron chi connectivity index (χ1n) is 6.33. The molecule has 3 heteroatoms. The van der Waals surface area contributed by atoms with Gasteiger partial charge in [-0.15, -0.1) is 0 Å². The van der Waals surface area contributed by atoms with Crippen LogP contribution >= 0.6 is 0 Å². The van der Waals surface area contributed by atoms with Crippen LogP contribution in [0.3, 0.4) is 0 Å². The fourth-order valence-electron chi connectivity index (χ4n) is 2.88. The number of rotatable bonds is 3. The molecule has 2 aliphatic rings. The highest BCUT2D eigenvalue weighted by molar-refractivity contribution is 5.88. The monoisotopic (exact) mass is 225 g/mol. The highest BCUT2D eigenvalue weighted by atomic mass is 16.5. The summed E-state index contributed by atoms with van der Waals surface area (Å²) in [5, 5.41) is 0. The van der Waals surface area contributed by atoms with Gasteiger partial charge in [0.15, 0.2) is 0 Å². The maximum Gasteiger partial charge on any atom is 0.142 e. The van der Waals surface area contributed by atoms with E-state index in [0.717, 1.165) is 39.0 Å². The average molecular weight is 225 g/mol. The van der Waals surface area contributed by atoms with Crippen LogP contribution in [0.4, 0.5) is 0 Å². The Morgan fingerprint density at radius 2 is 2.19 bits per heavy atom. The third-order valence-electron chi connectivity index (χ3n) is 4.19. The van der Waals surface area contributed by atoms with Crippen molar-refractivity contribution in [2.24, 2.45) is 11.3 Å². The molecule has 0 N–H and O–H groups in total. The zero-order chi connectivity index (χ0) is 11.8. The molecule has 3 nitrogen and oxygen atoms in total. The van der Waals surface area contributed by atoms with Crippen molar-refractivity contribution in [2.45, 2.75) is 39.2 Å². The van der Waals surface area contributed by atoms with Crippen LogP contribution in [0.15, 0.2) is 0 Å². The highest BCUT2D eigenvalue weighted by Gasteiger charge is 2.41. The zero-order valence-corrected chi connectivity index (χ0v) is 10.7. The molecule has 0 aromatic carbocycles. The molecule has 2 atom stereocenters. The van der Waals surface area contributed by atoms with E-state index in [4.69, 9.17) is 4.74 Å². The normalized spacial score (nSPS) is 33.9. The van der Waals surface area contributed by atoms with Crippen LogP contribution in [0.25, 0.3) is 0 Å². The summed E-state index contributed by atoms with van der Waals surface area (Å²) in [4.78, 5) is 14.4. The molecule has 0 aromatic rings. The van der Waals surface area contributed by atoms with Gasteiger partial charge in [-0.05, 0) is 26.3 Å². The van der Waals surface area contributed by atoms with Gasteiger partial charge in [-0.1, -0.05) is 13.8 Å². The number of ether oxygens (including phenoxy) is 1. The molecule has 2 unspecified atom stereocenters. The van der Waals surface area contributed by atoms with E-state index < -0.39 is 0 Å². The number of hydrogen-bond acceptors (Lipinski definition) is 3. The van der Waals surface area contributed by atoms with Crippen LogP contribution in [-0.2, 0) is 9.53 Å². The minimum atomic E-state index is -0.0856. The molecule has 0 radical (unpaired) electrons. The highest BCUT2D eigenvalue weighted by Crippen LogP contribution is 2.38. The third kappa shape index (κ3) is 2.30. The number of Topliss-reactive ketones (excluding diaryl/α,β-unsaturated/α-hetero) is 1. The van der Waals surface area contributed by atoms with Crippen molar-refractivity contribution in [1.29, 1.82) is 0 Å². The number of ketones is 1. The van der Waals surface area contributed by atoms with E-state index in [1.807, 2.05) is 0 Å². The SMILES string of the molecule is CN(CC1CCC(C)(C)C1=O)C1CCOC1. The minimum Gasteiger partial charge on any atom is -0.380 e. The average Bonchev–Trinajstić information content (AvgIpc) is 2.82. The Morgan fingerprint density at radius 3 is 2.69 bits per heavy atom. The van der Waals surface area contributed by atoms with Crippen LogP contribution < -0.4 is 0 Å². The molecule has 1 saturated carbocycles. The Bertz CT molecular complexity index is 269. The van der Waals surface area contributed by atoms with E-state index in [1.54, 1.807) is 0 Å². The van der Waals surface area contributed by atoms with E-state index in [0.29, 0.717) is 11.8 Å². The van der Waals surface area contributed by atoms with Crippen molar-refractivity contribution in [2.75, 3.05) is 26.8 Å². The minimum absolute atomic E-state index is 0.0856. The lowest BCUT2D eigenvalue weighted by Gasteiger charge is -2.26. The van der Waals surface area contributed by atoms with E-state index in [2.05, 4.69) is 25.8 Å². The Kier molecular flexibility index (Phi) is 3.36. The smallest absolute Gasteiger partial charge is 0.142 e. The van der Waals surface area contributed by atoms with Gasteiger partial charge in [0.1, 0.15) is 5.78 Å². The molecule has 0 spiro atoms. The van der Waals surface area contributed by atoms with Gasteiger partial charge in [-0.3, -0.25) is 4.79 Å². The second-order valence-electron chi connectivity index (χ2n) is 5.94. The molecule has 0 bridgehead atoms. The van der Waals surface area contributed by atoms with Crippen LogP contribution in [0, 0.1) is 11.3 Å². The summed E-state index contributed by atoms with van der Waals surface area (Å²) >= 11 is 0.